The molecule has 0 radical (unpaired) electrons. The van der Waals surface area contributed by atoms with Crippen LogP contribution < -0.4 is 11.1 Å². The Balaban J connectivity index is 3.43. The van der Waals surface area contributed by atoms with Gasteiger partial charge in [-0.2, -0.15) is 0 Å². The summed E-state index contributed by atoms with van der Waals surface area (Å²) in [6, 6.07) is 0.0612. The van der Waals surface area contributed by atoms with Crippen molar-refractivity contribution >= 4 is 5.91 Å². The van der Waals surface area contributed by atoms with Crippen molar-refractivity contribution in [1.82, 2.24) is 5.32 Å². The molecule has 0 spiro atoms. The lowest BCUT2D eigenvalue weighted by atomic mass is 10.1. The number of unbranched alkanes of at least 4 members (excludes halogenated alkanes) is 8. The summed E-state index contributed by atoms with van der Waals surface area (Å²) >= 11 is 0. The minimum atomic E-state index is 0.0612. The first-order valence-electron chi connectivity index (χ1n) is 8.73. The molecular weight excluding hydrogens is 264 g/mol. The van der Waals surface area contributed by atoms with Crippen molar-refractivity contribution < 1.29 is 9.53 Å². The zero-order valence-corrected chi connectivity index (χ0v) is 14.2. The molecule has 21 heavy (non-hydrogen) atoms. The highest BCUT2D eigenvalue weighted by molar-refractivity contribution is 5.76. The van der Waals surface area contributed by atoms with Crippen LogP contribution >= 0.6 is 0 Å². The van der Waals surface area contributed by atoms with E-state index in [-0.39, 0.29) is 11.9 Å². The summed E-state index contributed by atoms with van der Waals surface area (Å²) in [6.45, 7) is 3.36. The fourth-order valence-corrected chi connectivity index (χ4v) is 2.50. The highest BCUT2D eigenvalue weighted by atomic mass is 16.5. The second kappa shape index (κ2) is 15.8. The number of carbonyl (C=O) groups excluding carboxylic acids is 1. The predicted octanol–water partition coefficient (Wildman–Crippen LogP) is 3.39. The number of methoxy groups -OCH3 is 1. The molecule has 1 unspecified atom stereocenters. The molecule has 0 aromatic rings. The van der Waals surface area contributed by atoms with Gasteiger partial charge in [-0.15, -0.1) is 0 Å². The van der Waals surface area contributed by atoms with Gasteiger partial charge in [0.25, 0.3) is 0 Å². The molecular formula is C17H36N2O2. The first-order chi connectivity index (χ1) is 10.2. The number of ether oxygens (including phenoxy) is 1. The quantitative estimate of drug-likeness (QED) is 0.456. The summed E-state index contributed by atoms with van der Waals surface area (Å²) in [5.74, 6) is 0.133. The van der Waals surface area contributed by atoms with Gasteiger partial charge in [0.2, 0.25) is 5.91 Å². The highest BCUT2D eigenvalue weighted by Gasteiger charge is 2.10. The smallest absolute Gasteiger partial charge is 0.220 e. The predicted molar refractivity (Wildman–Crippen MR) is 89.3 cm³/mol. The van der Waals surface area contributed by atoms with Gasteiger partial charge in [0.05, 0.1) is 12.6 Å². The summed E-state index contributed by atoms with van der Waals surface area (Å²) in [5, 5.41) is 3.00. The zero-order chi connectivity index (χ0) is 15.8. The van der Waals surface area contributed by atoms with Gasteiger partial charge < -0.3 is 15.8 Å². The third-order valence-corrected chi connectivity index (χ3v) is 3.76. The fourth-order valence-electron chi connectivity index (χ4n) is 2.50. The van der Waals surface area contributed by atoms with E-state index >= 15 is 0 Å². The van der Waals surface area contributed by atoms with Crippen LogP contribution in [-0.2, 0) is 9.53 Å². The van der Waals surface area contributed by atoms with Crippen LogP contribution in [0.15, 0.2) is 0 Å². The molecule has 0 fully saturated rings. The molecule has 0 heterocycles. The van der Waals surface area contributed by atoms with Gasteiger partial charge in [0.1, 0.15) is 0 Å². The first-order valence-corrected chi connectivity index (χ1v) is 8.73. The van der Waals surface area contributed by atoms with Gasteiger partial charge >= 0.3 is 0 Å². The van der Waals surface area contributed by atoms with Crippen LogP contribution in [0.1, 0.15) is 77.6 Å². The highest BCUT2D eigenvalue weighted by Crippen LogP contribution is 2.10. The lowest BCUT2D eigenvalue weighted by Gasteiger charge is -2.16. The summed E-state index contributed by atoms with van der Waals surface area (Å²) in [7, 11) is 1.65. The first kappa shape index (κ1) is 20.4. The Morgan fingerprint density at radius 3 is 2.14 bits per heavy atom. The second-order valence-corrected chi connectivity index (χ2v) is 5.88. The van der Waals surface area contributed by atoms with E-state index in [4.69, 9.17) is 10.5 Å². The zero-order valence-electron chi connectivity index (χ0n) is 14.2. The summed E-state index contributed by atoms with van der Waals surface area (Å²) < 4.78 is 5.08. The Labute approximate surface area is 131 Å². The Hall–Kier alpha value is -0.610. The lowest BCUT2D eigenvalue weighted by Crippen LogP contribution is -2.39. The van der Waals surface area contributed by atoms with Crippen LogP contribution in [0.25, 0.3) is 0 Å². The Kier molecular flexibility index (Phi) is 15.3. The summed E-state index contributed by atoms with van der Waals surface area (Å²) in [5.41, 5.74) is 5.53. The third-order valence-electron chi connectivity index (χ3n) is 3.76. The van der Waals surface area contributed by atoms with Crippen molar-refractivity contribution in [3.8, 4) is 0 Å². The Morgan fingerprint density at radius 1 is 1.05 bits per heavy atom. The molecule has 4 nitrogen and oxygen atoms in total. The van der Waals surface area contributed by atoms with Gasteiger partial charge in [-0.3, -0.25) is 4.79 Å². The number of carbonyl (C=O) groups is 1. The van der Waals surface area contributed by atoms with E-state index in [2.05, 4.69) is 12.2 Å². The topological polar surface area (TPSA) is 64.4 Å². The van der Waals surface area contributed by atoms with Crippen LogP contribution in [0, 0.1) is 0 Å². The van der Waals surface area contributed by atoms with Crippen molar-refractivity contribution in [3.05, 3.63) is 0 Å². The third kappa shape index (κ3) is 14.1. The second-order valence-electron chi connectivity index (χ2n) is 5.88. The van der Waals surface area contributed by atoms with Crippen molar-refractivity contribution in [2.45, 2.75) is 83.6 Å². The Bertz CT molecular complexity index is 229. The number of amides is 1. The largest absolute Gasteiger partial charge is 0.383 e. The molecule has 1 atom stereocenters. The minimum Gasteiger partial charge on any atom is -0.383 e. The molecule has 0 aliphatic rings. The van der Waals surface area contributed by atoms with E-state index in [1.54, 1.807) is 7.11 Å². The lowest BCUT2D eigenvalue weighted by molar-refractivity contribution is -0.122. The monoisotopic (exact) mass is 300 g/mol. The maximum absolute atomic E-state index is 11.8. The molecule has 1 amide bonds. The Morgan fingerprint density at radius 2 is 1.62 bits per heavy atom. The fraction of sp³-hybridized carbons (Fsp3) is 0.941. The molecule has 0 saturated carbocycles. The van der Waals surface area contributed by atoms with Crippen molar-refractivity contribution in [2.75, 3.05) is 20.3 Å². The number of nitrogens with one attached hydrogen (secondary N) is 1. The molecule has 0 aromatic carbocycles. The molecule has 0 saturated heterocycles. The molecule has 0 rings (SSSR count). The summed E-state index contributed by atoms with van der Waals surface area (Å²) in [4.78, 5) is 11.8. The van der Waals surface area contributed by atoms with Gasteiger partial charge in [0.15, 0.2) is 0 Å². The van der Waals surface area contributed by atoms with Crippen LogP contribution in [0.3, 0.4) is 0 Å². The van der Waals surface area contributed by atoms with Gasteiger partial charge in [-0.05, 0) is 19.4 Å². The minimum absolute atomic E-state index is 0.0612. The van der Waals surface area contributed by atoms with Crippen LogP contribution in [0.5, 0.6) is 0 Å². The van der Waals surface area contributed by atoms with Crippen LogP contribution in [0.4, 0.5) is 0 Å². The molecule has 0 aliphatic carbocycles. The number of hydrogen-bond acceptors (Lipinski definition) is 3. The van der Waals surface area contributed by atoms with Crippen LogP contribution in [-0.4, -0.2) is 32.2 Å². The standard InChI is InChI=1S/C17H36N2O2/c1-3-4-5-6-7-8-9-10-11-12-17(20)19-16(13-14-18)15-21-2/h16H,3-15,18H2,1-2H3,(H,19,20). The number of nitrogens with two attached hydrogens (primary N) is 1. The molecule has 0 bridgehead atoms. The van der Waals surface area contributed by atoms with Gasteiger partial charge in [-0.1, -0.05) is 58.3 Å². The molecule has 4 heteroatoms. The summed E-state index contributed by atoms with van der Waals surface area (Å²) in [6.07, 6.45) is 12.9. The van der Waals surface area contributed by atoms with E-state index in [1.807, 2.05) is 0 Å². The number of rotatable bonds is 15. The normalized spacial score (nSPS) is 12.3. The van der Waals surface area contributed by atoms with Crippen LogP contribution in [0.2, 0.25) is 0 Å². The van der Waals surface area contributed by atoms with E-state index in [0.29, 0.717) is 19.6 Å². The van der Waals surface area contributed by atoms with E-state index in [1.165, 1.54) is 44.9 Å². The van der Waals surface area contributed by atoms with Crippen molar-refractivity contribution in [1.29, 1.82) is 0 Å². The van der Waals surface area contributed by atoms with E-state index in [9.17, 15) is 4.79 Å². The number of hydrogen-bond donors (Lipinski definition) is 2. The molecule has 0 aromatic heterocycles. The maximum Gasteiger partial charge on any atom is 0.220 e. The van der Waals surface area contributed by atoms with Crippen molar-refractivity contribution in [3.63, 3.8) is 0 Å². The SMILES string of the molecule is CCCCCCCCCCCC(=O)NC(CCN)COC. The molecule has 126 valence electrons. The van der Waals surface area contributed by atoms with Crippen molar-refractivity contribution in [2.24, 2.45) is 5.73 Å². The molecule has 3 N–H and O–H groups in total. The van der Waals surface area contributed by atoms with E-state index in [0.717, 1.165) is 19.3 Å². The van der Waals surface area contributed by atoms with Gasteiger partial charge in [-0.25, -0.2) is 0 Å². The maximum atomic E-state index is 11.8. The average Bonchev–Trinajstić information content (AvgIpc) is 2.46. The average molecular weight is 300 g/mol. The van der Waals surface area contributed by atoms with Gasteiger partial charge in [0, 0.05) is 13.5 Å². The van der Waals surface area contributed by atoms with E-state index < -0.39 is 0 Å². The molecule has 0 aliphatic heterocycles.